The average Bonchev–Trinajstić information content (AvgIpc) is 2.91. The zero-order chi connectivity index (χ0) is 20.9. The zero-order valence-corrected chi connectivity index (χ0v) is 16.6. The largest absolute Gasteiger partial charge is 0.490 e. The van der Waals surface area contributed by atoms with E-state index in [1.54, 1.807) is 11.8 Å². The predicted molar refractivity (Wildman–Crippen MR) is 101 cm³/mol. The van der Waals surface area contributed by atoms with Gasteiger partial charge in [-0.05, 0) is 31.9 Å². The summed E-state index contributed by atoms with van der Waals surface area (Å²) in [5.74, 6) is -1.80. The Morgan fingerprint density at radius 1 is 1.28 bits per heavy atom. The van der Waals surface area contributed by atoms with Gasteiger partial charge in [0, 0.05) is 38.3 Å². The molecule has 9 heteroatoms. The number of halogens is 2. The van der Waals surface area contributed by atoms with Crippen molar-refractivity contribution in [3.63, 3.8) is 0 Å². The van der Waals surface area contributed by atoms with Gasteiger partial charge in [0.05, 0.1) is 19.8 Å². The molecular weight excluding hydrogens is 386 g/mol. The number of β-amino-alcohol motifs (C(OH)–C–C–N with tert-alkyl or cyclic N) is 1. The third kappa shape index (κ3) is 5.77. The van der Waals surface area contributed by atoms with Crippen LogP contribution in [0.3, 0.4) is 0 Å². The van der Waals surface area contributed by atoms with E-state index >= 15 is 0 Å². The number of likely N-dealkylation sites (tertiary alicyclic amines) is 1. The van der Waals surface area contributed by atoms with Crippen molar-refractivity contribution in [3.8, 4) is 5.75 Å². The highest BCUT2D eigenvalue weighted by atomic mass is 19.2. The van der Waals surface area contributed by atoms with Crippen molar-refractivity contribution in [1.82, 2.24) is 9.80 Å². The van der Waals surface area contributed by atoms with Crippen LogP contribution in [0.25, 0.3) is 0 Å². The smallest absolute Gasteiger partial charge is 0.409 e. The molecule has 0 aliphatic carbocycles. The van der Waals surface area contributed by atoms with Crippen LogP contribution < -0.4 is 4.74 Å². The molecular formula is C20H28F2N2O5. The van der Waals surface area contributed by atoms with E-state index < -0.39 is 17.2 Å². The molecule has 0 aromatic heterocycles. The maximum absolute atomic E-state index is 13.4. The lowest BCUT2D eigenvalue weighted by Crippen LogP contribution is -2.54. The van der Waals surface area contributed by atoms with Crippen LogP contribution in [0.15, 0.2) is 18.2 Å². The molecule has 29 heavy (non-hydrogen) atoms. The maximum Gasteiger partial charge on any atom is 0.409 e. The molecule has 0 radical (unpaired) electrons. The molecule has 0 spiro atoms. The van der Waals surface area contributed by atoms with E-state index in [0.717, 1.165) is 25.0 Å². The van der Waals surface area contributed by atoms with Gasteiger partial charge in [-0.2, -0.15) is 0 Å². The lowest BCUT2D eigenvalue weighted by molar-refractivity contribution is -0.0689. The van der Waals surface area contributed by atoms with Crippen LogP contribution in [0.4, 0.5) is 13.6 Å². The highest BCUT2D eigenvalue weighted by Gasteiger charge is 2.37. The molecule has 2 aliphatic rings. The monoisotopic (exact) mass is 414 g/mol. The lowest BCUT2D eigenvalue weighted by atomic mass is 10.00. The van der Waals surface area contributed by atoms with E-state index in [0.29, 0.717) is 39.4 Å². The Kier molecular flexibility index (Phi) is 7.26. The first-order chi connectivity index (χ1) is 13.9. The van der Waals surface area contributed by atoms with Crippen LogP contribution in [0.2, 0.25) is 0 Å². The summed E-state index contributed by atoms with van der Waals surface area (Å²) in [6, 6.07) is 3.47. The standard InChI is InChI=1S/C20H28F2N2O5/c1-2-28-19(25)23-7-5-15(6-8-23)24-9-10-27-13-20(26,12-24)14-29-16-3-4-17(21)18(22)11-16/h3-4,11,15,26H,2,5-10,12-14H2,1H3/t20-/m0/s1. The molecule has 2 saturated heterocycles. The molecule has 0 saturated carbocycles. The molecule has 1 amide bonds. The third-order valence-corrected chi connectivity index (χ3v) is 5.30. The van der Waals surface area contributed by atoms with Gasteiger partial charge < -0.3 is 24.2 Å². The molecule has 2 fully saturated rings. The minimum Gasteiger partial charge on any atom is -0.490 e. The second-order valence-electron chi connectivity index (χ2n) is 7.53. The van der Waals surface area contributed by atoms with Gasteiger partial charge in [0.15, 0.2) is 11.6 Å². The number of rotatable bonds is 5. The average molecular weight is 414 g/mol. The number of piperidine rings is 1. The number of carbonyl (C=O) groups excluding carboxylic acids is 1. The number of amides is 1. The van der Waals surface area contributed by atoms with Crippen LogP contribution in [0, 0.1) is 11.6 Å². The van der Waals surface area contributed by atoms with Crippen molar-refractivity contribution < 1.29 is 32.9 Å². The van der Waals surface area contributed by atoms with E-state index in [-0.39, 0.29) is 31.1 Å². The molecule has 0 unspecified atom stereocenters. The van der Waals surface area contributed by atoms with Crippen molar-refractivity contribution >= 4 is 6.09 Å². The Bertz CT molecular complexity index is 699. The van der Waals surface area contributed by atoms with Crippen LogP contribution in [0.5, 0.6) is 5.75 Å². The van der Waals surface area contributed by atoms with Gasteiger partial charge in [-0.25, -0.2) is 13.6 Å². The SMILES string of the molecule is CCOC(=O)N1CCC(N2CCOC[C@](O)(COc3ccc(F)c(F)c3)C2)CC1. The Morgan fingerprint density at radius 3 is 2.72 bits per heavy atom. The normalized spacial score (nSPS) is 24.2. The van der Waals surface area contributed by atoms with Crippen LogP contribution >= 0.6 is 0 Å². The number of nitrogens with zero attached hydrogens (tertiary/aromatic N) is 2. The van der Waals surface area contributed by atoms with Gasteiger partial charge in [-0.3, -0.25) is 4.90 Å². The second-order valence-corrected chi connectivity index (χ2v) is 7.53. The molecule has 3 rings (SSSR count). The molecule has 2 heterocycles. The summed E-state index contributed by atoms with van der Waals surface area (Å²) in [4.78, 5) is 15.7. The van der Waals surface area contributed by atoms with Gasteiger partial charge in [-0.1, -0.05) is 0 Å². The van der Waals surface area contributed by atoms with Crippen molar-refractivity contribution in [2.45, 2.75) is 31.4 Å². The van der Waals surface area contributed by atoms with E-state index in [4.69, 9.17) is 14.2 Å². The fraction of sp³-hybridized carbons (Fsp3) is 0.650. The van der Waals surface area contributed by atoms with Crippen molar-refractivity contribution in [2.75, 3.05) is 52.6 Å². The number of benzene rings is 1. The molecule has 0 bridgehead atoms. The summed E-state index contributed by atoms with van der Waals surface area (Å²) < 4.78 is 42.6. The van der Waals surface area contributed by atoms with Gasteiger partial charge in [0.2, 0.25) is 0 Å². The topological polar surface area (TPSA) is 71.5 Å². The summed E-state index contributed by atoms with van der Waals surface area (Å²) in [5, 5.41) is 11.0. The third-order valence-electron chi connectivity index (χ3n) is 5.30. The number of carbonyl (C=O) groups is 1. The highest BCUT2D eigenvalue weighted by Crippen LogP contribution is 2.23. The number of ether oxygens (including phenoxy) is 3. The summed E-state index contributed by atoms with van der Waals surface area (Å²) in [6.07, 6.45) is 1.26. The number of aliphatic hydroxyl groups is 1. The van der Waals surface area contributed by atoms with Gasteiger partial charge >= 0.3 is 6.09 Å². The molecule has 1 aromatic carbocycles. The minimum absolute atomic E-state index is 0.0921. The Balaban J connectivity index is 1.56. The van der Waals surface area contributed by atoms with E-state index in [2.05, 4.69) is 4.90 Å². The second kappa shape index (κ2) is 9.69. The van der Waals surface area contributed by atoms with Gasteiger partial charge in [0.1, 0.15) is 18.0 Å². The molecule has 1 N–H and O–H groups in total. The zero-order valence-electron chi connectivity index (χ0n) is 16.6. The van der Waals surface area contributed by atoms with Crippen molar-refractivity contribution in [2.24, 2.45) is 0 Å². The molecule has 7 nitrogen and oxygen atoms in total. The Hall–Kier alpha value is -1.97. The van der Waals surface area contributed by atoms with Crippen LogP contribution in [-0.2, 0) is 9.47 Å². The number of hydrogen-bond acceptors (Lipinski definition) is 6. The van der Waals surface area contributed by atoms with Crippen LogP contribution in [0.1, 0.15) is 19.8 Å². The lowest BCUT2D eigenvalue weighted by Gasteiger charge is -2.39. The van der Waals surface area contributed by atoms with Crippen molar-refractivity contribution in [1.29, 1.82) is 0 Å². The summed E-state index contributed by atoms with van der Waals surface area (Å²) in [6.45, 7) is 4.81. The first kappa shape index (κ1) is 21.7. The minimum atomic E-state index is -1.28. The molecule has 1 atom stereocenters. The predicted octanol–water partition coefficient (Wildman–Crippen LogP) is 2.03. The quantitative estimate of drug-likeness (QED) is 0.795. The van der Waals surface area contributed by atoms with Crippen molar-refractivity contribution in [3.05, 3.63) is 29.8 Å². The molecule has 2 aliphatic heterocycles. The first-order valence-corrected chi connectivity index (χ1v) is 9.94. The fourth-order valence-electron chi connectivity index (χ4n) is 3.76. The molecule has 1 aromatic rings. The summed E-state index contributed by atoms with van der Waals surface area (Å²) in [5.41, 5.74) is -1.28. The van der Waals surface area contributed by atoms with E-state index in [9.17, 15) is 18.7 Å². The van der Waals surface area contributed by atoms with E-state index in [1.165, 1.54) is 6.07 Å². The first-order valence-electron chi connectivity index (χ1n) is 9.94. The highest BCUT2D eigenvalue weighted by molar-refractivity contribution is 5.67. The van der Waals surface area contributed by atoms with Gasteiger partial charge in [0.25, 0.3) is 0 Å². The molecule has 162 valence electrons. The fourth-order valence-corrected chi connectivity index (χ4v) is 3.76. The summed E-state index contributed by atoms with van der Waals surface area (Å²) in [7, 11) is 0. The van der Waals surface area contributed by atoms with Gasteiger partial charge in [-0.15, -0.1) is 0 Å². The summed E-state index contributed by atoms with van der Waals surface area (Å²) >= 11 is 0. The maximum atomic E-state index is 13.4. The number of hydrogen-bond donors (Lipinski definition) is 1. The Morgan fingerprint density at radius 2 is 2.03 bits per heavy atom. The van der Waals surface area contributed by atoms with Crippen LogP contribution in [-0.4, -0.2) is 85.2 Å². The van der Waals surface area contributed by atoms with E-state index in [1.807, 2.05) is 0 Å². The Labute approximate surface area is 169 Å².